The highest BCUT2D eigenvalue weighted by Crippen LogP contribution is 2.12. The van der Waals surface area contributed by atoms with Gasteiger partial charge in [0.25, 0.3) is 0 Å². The summed E-state index contributed by atoms with van der Waals surface area (Å²) in [4.78, 5) is 38.1. The van der Waals surface area contributed by atoms with Crippen molar-refractivity contribution in [2.24, 2.45) is 0 Å². The largest absolute Gasteiger partial charge is 0.462 e. The first-order valence-corrected chi connectivity index (χ1v) is 27.5. The predicted octanol–water partition coefficient (Wildman–Crippen LogP) is 18.6. The van der Waals surface area contributed by atoms with Gasteiger partial charge in [-0.25, -0.2) is 0 Å². The third-order valence-corrected chi connectivity index (χ3v) is 10.8. The van der Waals surface area contributed by atoms with E-state index < -0.39 is 6.10 Å². The molecule has 390 valence electrons. The van der Waals surface area contributed by atoms with E-state index in [1.54, 1.807) is 0 Å². The number of allylic oxidation sites excluding steroid dienone is 26. The minimum Gasteiger partial charge on any atom is -0.462 e. The molecule has 0 aromatic rings. The number of unbranched alkanes of at least 4 members (excludes halogenated alkanes) is 10. The van der Waals surface area contributed by atoms with Gasteiger partial charge in [-0.3, -0.25) is 14.4 Å². The van der Waals surface area contributed by atoms with Crippen molar-refractivity contribution in [3.63, 3.8) is 0 Å². The van der Waals surface area contributed by atoms with Crippen molar-refractivity contribution in [2.75, 3.05) is 13.2 Å². The third kappa shape index (κ3) is 54.0. The lowest BCUT2D eigenvalue weighted by atomic mass is 10.1. The zero-order valence-corrected chi connectivity index (χ0v) is 44.5. The molecular weight excluding hydrogens is 865 g/mol. The fourth-order valence-electron chi connectivity index (χ4n) is 6.72. The Kier molecular flexibility index (Phi) is 52.6. The van der Waals surface area contributed by atoms with E-state index in [4.69, 9.17) is 14.2 Å². The van der Waals surface area contributed by atoms with Crippen molar-refractivity contribution in [1.29, 1.82) is 0 Å². The first-order chi connectivity index (χ1) is 34.5. The van der Waals surface area contributed by atoms with Gasteiger partial charge < -0.3 is 14.2 Å². The SMILES string of the molecule is CC/C=C\C/C=C\C/C=C\C/C=C\C/C=C\C/C=C\CCC(=O)OCC(COC(=O)CC/C=C\C/C=C\C/C=C\C/C=C\C/C=C\CC)OC(=O)CCCCCCCCC/C=C\C/C=C\CCCCC. The van der Waals surface area contributed by atoms with E-state index >= 15 is 0 Å². The molecule has 1 atom stereocenters. The predicted molar refractivity (Wildman–Crippen MR) is 302 cm³/mol. The molecule has 0 amide bonds. The van der Waals surface area contributed by atoms with Crippen LogP contribution in [0.5, 0.6) is 0 Å². The number of ether oxygens (including phenoxy) is 3. The maximum absolute atomic E-state index is 12.8. The Bertz CT molecular complexity index is 1620. The second-order valence-corrected chi connectivity index (χ2v) is 17.4. The molecule has 0 N–H and O–H groups in total. The van der Waals surface area contributed by atoms with Gasteiger partial charge in [-0.2, -0.15) is 0 Å². The van der Waals surface area contributed by atoms with Crippen LogP contribution in [0.4, 0.5) is 0 Å². The Balaban J connectivity index is 4.65. The molecule has 0 bridgehead atoms. The van der Waals surface area contributed by atoms with Crippen LogP contribution < -0.4 is 0 Å². The normalized spacial score (nSPS) is 13.4. The molecule has 0 aliphatic rings. The summed E-state index contributed by atoms with van der Waals surface area (Å²) in [6.45, 7) is 6.23. The van der Waals surface area contributed by atoms with Crippen LogP contribution in [0, 0.1) is 0 Å². The zero-order chi connectivity index (χ0) is 50.7. The molecule has 1 unspecified atom stereocenters. The fourth-order valence-corrected chi connectivity index (χ4v) is 6.72. The van der Waals surface area contributed by atoms with Gasteiger partial charge in [-0.1, -0.05) is 224 Å². The lowest BCUT2D eigenvalue weighted by Gasteiger charge is -2.18. The summed E-state index contributed by atoms with van der Waals surface area (Å²) in [5, 5.41) is 0. The van der Waals surface area contributed by atoms with E-state index in [2.05, 4.69) is 154 Å². The summed E-state index contributed by atoms with van der Waals surface area (Å²) in [6, 6.07) is 0. The summed E-state index contributed by atoms with van der Waals surface area (Å²) in [5.74, 6) is -1.13. The van der Waals surface area contributed by atoms with E-state index in [-0.39, 0.29) is 50.4 Å². The first kappa shape index (κ1) is 65.0. The van der Waals surface area contributed by atoms with Crippen LogP contribution in [0.25, 0.3) is 0 Å². The molecule has 70 heavy (non-hydrogen) atoms. The topological polar surface area (TPSA) is 78.9 Å². The Morgan fingerprint density at radius 2 is 0.586 bits per heavy atom. The maximum atomic E-state index is 12.8. The van der Waals surface area contributed by atoms with Crippen LogP contribution in [0.1, 0.15) is 207 Å². The van der Waals surface area contributed by atoms with E-state index in [0.29, 0.717) is 12.8 Å². The number of carbonyl (C=O) groups is 3. The Hall–Kier alpha value is -4.97. The molecule has 0 aliphatic carbocycles. The molecule has 6 nitrogen and oxygen atoms in total. The van der Waals surface area contributed by atoms with Crippen LogP contribution in [0.2, 0.25) is 0 Å². The molecule has 0 fully saturated rings. The minimum atomic E-state index is -0.851. The van der Waals surface area contributed by atoms with Gasteiger partial charge in [-0.15, -0.1) is 0 Å². The van der Waals surface area contributed by atoms with Crippen molar-refractivity contribution < 1.29 is 28.6 Å². The van der Waals surface area contributed by atoms with E-state index in [9.17, 15) is 14.4 Å². The fraction of sp³-hybridized carbons (Fsp3) is 0.547. The van der Waals surface area contributed by atoms with Crippen LogP contribution in [-0.2, 0) is 28.6 Å². The van der Waals surface area contributed by atoms with Crippen LogP contribution >= 0.6 is 0 Å². The Labute approximate surface area is 429 Å². The van der Waals surface area contributed by atoms with Crippen LogP contribution in [-0.4, -0.2) is 37.2 Å². The average molecular weight is 963 g/mol. The molecule has 0 aromatic carbocycles. The molecule has 0 radical (unpaired) electrons. The highest BCUT2D eigenvalue weighted by molar-refractivity contribution is 5.71. The monoisotopic (exact) mass is 963 g/mol. The molecule has 0 aliphatic heterocycles. The van der Waals surface area contributed by atoms with Gasteiger partial charge in [-0.05, 0) is 122 Å². The molecular formula is C64H98O6. The number of rotatable bonds is 47. The van der Waals surface area contributed by atoms with Crippen LogP contribution in [0.3, 0.4) is 0 Å². The molecule has 0 aromatic heterocycles. The van der Waals surface area contributed by atoms with E-state index in [1.807, 2.05) is 24.3 Å². The van der Waals surface area contributed by atoms with Crippen molar-refractivity contribution in [3.05, 3.63) is 158 Å². The number of hydrogen-bond donors (Lipinski definition) is 0. The standard InChI is InChI=1S/C64H98O6/c1-4-7-10-13-16-19-22-25-28-31-32-34-36-39-42-45-48-51-54-57-63(66)69-60-61(59-68-62(65)56-53-50-47-44-41-38-35-30-27-24-21-18-15-12-9-6-3)70-64(67)58-55-52-49-46-43-40-37-33-29-26-23-20-17-14-11-8-5-2/h7,9-10,12,16-21,25-30,32,34,38-39,41-42,47-48,50-51,61H,4-6,8,11,13-15,22-24,31,33,35-37,40,43-46,49,52-60H2,1-3H3/b10-7-,12-9-,19-16-,20-17-,21-18-,28-25-,29-26-,30-27-,34-32-,41-38-,42-39-,50-47-,51-48-. The lowest BCUT2D eigenvalue weighted by molar-refractivity contribution is -0.166. The summed E-state index contributed by atoms with van der Waals surface area (Å²) < 4.78 is 16.7. The van der Waals surface area contributed by atoms with Crippen LogP contribution in [0.15, 0.2) is 158 Å². The Morgan fingerprint density at radius 3 is 0.929 bits per heavy atom. The molecule has 0 rings (SSSR count). The quantitative estimate of drug-likeness (QED) is 0.0262. The molecule has 6 heteroatoms. The molecule has 0 heterocycles. The molecule has 0 spiro atoms. The molecule has 0 saturated carbocycles. The third-order valence-electron chi connectivity index (χ3n) is 10.8. The second-order valence-electron chi connectivity index (χ2n) is 17.4. The van der Waals surface area contributed by atoms with Crippen molar-refractivity contribution >= 4 is 17.9 Å². The smallest absolute Gasteiger partial charge is 0.306 e. The maximum Gasteiger partial charge on any atom is 0.306 e. The molecule has 0 saturated heterocycles. The minimum absolute atomic E-state index is 0.151. The summed E-state index contributed by atoms with van der Waals surface area (Å²) in [6.07, 6.45) is 82.5. The van der Waals surface area contributed by atoms with Gasteiger partial charge in [0.05, 0.1) is 0 Å². The van der Waals surface area contributed by atoms with Gasteiger partial charge in [0.1, 0.15) is 13.2 Å². The first-order valence-electron chi connectivity index (χ1n) is 27.5. The van der Waals surface area contributed by atoms with Crippen molar-refractivity contribution in [2.45, 2.75) is 213 Å². The van der Waals surface area contributed by atoms with E-state index in [0.717, 1.165) is 109 Å². The van der Waals surface area contributed by atoms with Gasteiger partial charge >= 0.3 is 17.9 Å². The van der Waals surface area contributed by atoms with Crippen molar-refractivity contribution in [1.82, 2.24) is 0 Å². The summed E-state index contributed by atoms with van der Waals surface area (Å²) in [7, 11) is 0. The Morgan fingerprint density at radius 1 is 0.300 bits per heavy atom. The highest BCUT2D eigenvalue weighted by atomic mass is 16.6. The van der Waals surface area contributed by atoms with Gasteiger partial charge in [0.2, 0.25) is 0 Å². The van der Waals surface area contributed by atoms with E-state index in [1.165, 1.54) is 44.9 Å². The second kappa shape index (κ2) is 56.6. The summed E-state index contributed by atoms with van der Waals surface area (Å²) >= 11 is 0. The van der Waals surface area contributed by atoms with Gasteiger partial charge in [0.15, 0.2) is 6.10 Å². The lowest BCUT2D eigenvalue weighted by Crippen LogP contribution is -2.30. The average Bonchev–Trinajstić information content (AvgIpc) is 3.36. The highest BCUT2D eigenvalue weighted by Gasteiger charge is 2.19. The number of carbonyl (C=O) groups excluding carboxylic acids is 3. The summed E-state index contributed by atoms with van der Waals surface area (Å²) in [5.41, 5.74) is 0. The zero-order valence-electron chi connectivity index (χ0n) is 44.5. The van der Waals surface area contributed by atoms with Crippen molar-refractivity contribution in [3.8, 4) is 0 Å². The number of esters is 3. The van der Waals surface area contributed by atoms with Gasteiger partial charge in [0, 0.05) is 19.3 Å². The number of hydrogen-bond acceptors (Lipinski definition) is 6.